The standard InChI is InChI=1S/C8H11N5O/c1-4(2)5-3-10-8-11-7(9)12-13(8)6(5)14/h3-4H,1-2H3,(H3,9,10,11,12). The van der Waals surface area contributed by atoms with Gasteiger partial charge in [-0.2, -0.15) is 9.50 Å². The molecule has 2 aromatic heterocycles. The van der Waals surface area contributed by atoms with Crippen molar-refractivity contribution in [2.45, 2.75) is 19.8 Å². The van der Waals surface area contributed by atoms with Crippen LogP contribution in [0.3, 0.4) is 0 Å². The van der Waals surface area contributed by atoms with Crippen molar-refractivity contribution in [1.82, 2.24) is 19.6 Å². The first-order chi connectivity index (χ1) is 6.59. The Bertz CT molecular complexity index is 524. The van der Waals surface area contributed by atoms with Crippen LogP contribution in [-0.4, -0.2) is 19.6 Å². The number of nitrogens with one attached hydrogen (secondary N) is 1. The van der Waals surface area contributed by atoms with Gasteiger partial charge in [-0.15, -0.1) is 5.10 Å². The maximum atomic E-state index is 11.8. The Hall–Kier alpha value is -1.85. The lowest BCUT2D eigenvalue weighted by Crippen LogP contribution is -2.20. The van der Waals surface area contributed by atoms with Crippen LogP contribution in [0.4, 0.5) is 5.95 Å². The fourth-order valence-electron chi connectivity index (χ4n) is 1.30. The molecule has 0 radical (unpaired) electrons. The van der Waals surface area contributed by atoms with Crippen molar-refractivity contribution in [3.8, 4) is 0 Å². The minimum absolute atomic E-state index is 0.0965. The maximum absolute atomic E-state index is 11.8. The summed E-state index contributed by atoms with van der Waals surface area (Å²) in [6.45, 7) is 3.88. The highest BCUT2D eigenvalue weighted by Gasteiger charge is 2.10. The fourth-order valence-corrected chi connectivity index (χ4v) is 1.30. The first-order valence-corrected chi connectivity index (χ1v) is 4.33. The maximum Gasteiger partial charge on any atom is 0.279 e. The average molecular weight is 193 g/mol. The molecule has 2 heterocycles. The van der Waals surface area contributed by atoms with Crippen LogP contribution in [0.5, 0.6) is 0 Å². The van der Waals surface area contributed by atoms with Gasteiger partial charge in [0, 0.05) is 11.8 Å². The molecular weight excluding hydrogens is 182 g/mol. The van der Waals surface area contributed by atoms with Crippen LogP contribution in [0.1, 0.15) is 25.3 Å². The fraction of sp³-hybridized carbons (Fsp3) is 0.375. The van der Waals surface area contributed by atoms with Crippen LogP contribution in [0.15, 0.2) is 11.0 Å². The molecule has 0 aliphatic heterocycles. The summed E-state index contributed by atoms with van der Waals surface area (Å²) in [5.41, 5.74) is 5.88. The monoisotopic (exact) mass is 193 g/mol. The largest absolute Gasteiger partial charge is 0.366 e. The van der Waals surface area contributed by atoms with E-state index >= 15 is 0 Å². The van der Waals surface area contributed by atoms with Crippen molar-refractivity contribution < 1.29 is 0 Å². The second-order valence-electron chi connectivity index (χ2n) is 3.41. The van der Waals surface area contributed by atoms with Crippen molar-refractivity contribution in [1.29, 1.82) is 0 Å². The number of aromatic amines is 1. The summed E-state index contributed by atoms with van der Waals surface area (Å²) in [5, 5.41) is 3.80. The second-order valence-corrected chi connectivity index (χ2v) is 3.41. The van der Waals surface area contributed by atoms with E-state index in [1.165, 1.54) is 4.52 Å². The summed E-state index contributed by atoms with van der Waals surface area (Å²) < 4.78 is 1.19. The van der Waals surface area contributed by atoms with Gasteiger partial charge in [0.05, 0.1) is 0 Å². The van der Waals surface area contributed by atoms with E-state index in [4.69, 9.17) is 5.73 Å². The average Bonchev–Trinajstić information content (AvgIpc) is 2.46. The highest BCUT2D eigenvalue weighted by Crippen LogP contribution is 2.07. The van der Waals surface area contributed by atoms with Crippen LogP contribution in [0, 0.1) is 0 Å². The lowest BCUT2D eigenvalue weighted by Gasteiger charge is -2.02. The minimum Gasteiger partial charge on any atom is -0.366 e. The smallest absolute Gasteiger partial charge is 0.279 e. The number of anilines is 1. The molecule has 2 rings (SSSR count). The summed E-state index contributed by atoms with van der Waals surface area (Å²) in [5.74, 6) is 0.615. The molecule has 0 atom stereocenters. The zero-order valence-electron chi connectivity index (χ0n) is 7.98. The van der Waals surface area contributed by atoms with Crippen LogP contribution in [-0.2, 0) is 0 Å². The summed E-state index contributed by atoms with van der Waals surface area (Å²) in [6.07, 6.45) is 1.65. The van der Waals surface area contributed by atoms with E-state index < -0.39 is 0 Å². The lowest BCUT2D eigenvalue weighted by molar-refractivity contribution is 0.794. The summed E-state index contributed by atoms with van der Waals surface area (Å²) in [4.78, 5) is 18.5. The zero-order chi connectivity index (χ0) is 10.3. The number of hydrogen-bond acceptors (Lipinski definition) is 4. The van der Waals surface area contributed by atoms with Crippen LogP contribution in [0.25, 0.3) is 5.78 Å². The van der Waals surface area contributed by atoms with Gasteiger partial charge in [-0.3, -0.25) is 4.79 Å². The van der Waals surface area contributed by atoms with Gasteiger partial charge in [0.1, 0.15) is 0 Å². The van der Waals surface area contributed by atoms with Crippen molar-refractivity contribution >= 4 is 11.7 Å². The Morgan fingerprint density at radius 1 is 1.57 bits per heavy atom. The molecule has 0 amide bonds. The minimum atomic E-state index is -0.169. The number of hydrogen-bond donors (Lipinski definition) is 2. The Morgan fingerprint density at radius 3 is 2.93 bits per heavy atom. The number of nitrogens with zero attached hydrogens (tertiary/aromatic N) is 3. The summed E-state index contributed by atoms with van der Waals surface area (Å²) in [7, 11) is 0. The molecule has 0 aliphatic carbocycles. The Kier molecular flexibility index (Phi) is 1.77. The normalized spacial score (nSPS) is 11.4. The number of nitrogens with two attached hydrogens (primary N) is 1. The van der Waals surface area contributed by atoms with E-state index in [-0.39, 0.29) is 17.4 Å². The van der Waals surface area contributed by atoms with E-state index in [1.807, 2.05) is 13.8 Å². The number of aromatic nitrogens is 4. The van der Waals surface area contributed by atoms with E-state index in [0.29, 0.717) is 11.3 Å². The molecule has 2 aromatic rings. The van der Waals surface area contributed by atoms with Gasteiger partial charge in [0.25, 0.3) is 5.56 Å². The van der Waals surface area contributed by atoms with Gasteiger partial charge in [-0.1, -0.05) is 13.8 Å². The molecule has 0 fully saturated rings. The van der Waals surface area contributed by atoms with Gasteiger partial charge < -0.3 is 10.7 Å². The third-order valence-electron chi connectivity index (χ3n) is 2.04. The molecule has 0 saturated carbocycles. The zero-order valence-corrected chi connectivity index (χ0v) is 7.98. The molecule has 74 valence electrons. The first kappa shape index (κ1) is 8.74. The van der Waals surface area contributed by atoms with E-state index in [0.717, 1.165) is 0 Å². The van der Waals surface area contributed by atoms with Crippen molar-refractivity contribution in [3.63, 3.8) is 0 Å². The highest BCUT2D eigenvalue weighted by molar-refractivity contribution is 5.34. The van der Waals surface area contributed by atoms with Gasteiger partial charge >= 0.3 is 0 Å². The van der Waals surface area contributed by atoms with Crippen LogP contribution in [0.2, 0.25) is 0 Å². The number of nitrogen functional groups attached to an aromatic ring is 1. The first-order valence-electron chi connectivity index (χ1n) is 4.33. The predicted molar refractivity (Wildman–Crippen MR) is 52.1 cm³/mol. The molecule has 6 nitrogen and oxygen atoms in total. The van der Waals surface area contributed by atoms with Crippen molar-refractivity contribution in [2.75, 3.05) is 5.73 Å². The Labute approximate surface area is 79.8 Å². The summed E-state index contributed by atoms with van der Waals surface area (Å²) >= 11 is 0. The third-order valence-corrected chi connectivity index (χ3v) is 2.04. The topological polar surface area (TPSA) is 89.1 Å². The quantitative estimate of drug-likeness (QED) is 0.673. The van der Waals surface area contributed by atoms with E-state index in [9.17, 15) is 4.79 Å². The predicted octanol–water partition coefficient (Wildman–Crippen LogP) is 0.123. The molecule has 0 spiro atoms. The third kappa shape index (κ3) is 1.15. The van der Waals surface area contributed by atoms with Gasteiger partial charge in [0.15, 0.2) is 0 Å². The molecule has 14 heavy (non-hydrogen) atoms. The molecule has 0 aromatic carbocycles. The number of H-pyrrole nitrogens is 1. The molecule has 6 heteroatoms. The molecule has 0 bridgehead atoms. The highest BCUT2D eigenvalue weighted by atomic mass is 16.1. The molecule has 0 saturated heterocycles. The number of rotatable bonds is 1. The molecule has 3 N–H and O–H groups in total. The van der Waals surface area contributed by atoms with Gasteiger partial charge in [-0.25, -0.2) is 0 Å². The lowest BCUT2D eigenvalue weighted by atomic mass is 10.1. The second kappa shape index (κ2) is 2.83. The van der Waals surface area contributed by atoms with E-state index in [2.05, 4.69) is 15.1 Å². The Morgan fingerprint density at radius 2 is 2.29 bits per heavy atom. The van der Waals surface area contributed by atoms with Gasteiger partial charge in [-0.05, 0) is 5.92 Å². The SMILES string of the molecule is CC(C)c1c[nH]c2nc(N)nn2c1=O. The van der Waals surface area contributed by atoms with Crippen molar-refractivity contribution in [3.05, 3.63) is 22.1 Å². The van der Waals surface area contributed by atoms with E-state index in [1.54, 1.807) is 6.20 Å². The molecular formula is C8H11N5O. The number of fused-ring (bicyclic) bond motifs is 1. The van der Waals surface area contributed by atoms with Crippen LogP contribution >= 0.6 is 0 Å². The molecule has 0 aliphatic rings. The van der Waals surface area contributed by atoms with Crippen LogP contribution < -0.4 is 11.3 Å². The molecule has 0 unspecified atom stereocenters. The summed E-state index contributed by atoms with van der Waals surface area (Å²) in [6, 6.07) is 0. The Balaban J connectivity index is 2.81. The van der Waals surface area contributed by atoms with Gasteiger partial charge in [0.2, 0.25) is 11.7 Å². The van der Waals surface area contributed by atoms with Crippen molar-refractivity contribution in [2.24, 2.45) is 0 Å².